The minimum absolute atomic E-state index is 0.0114. The van der Waals surface area contributed by atoms with Gasteiger partial charge in [0.25, 0.3) is 0 Å². The van der Waals surface area contributed by atoms with Gasteiger partial charge in [0.1, 0.15) is 11.5 Å². The van der Waals surface area contributed by atoms with Crippen LogP contribution in [0.4, 0.5) is 22.0 Å². The number of pyridine rings is 1. The van der Waals surface area contributed by atoms with Gasteiger partial charge in [0.2, 0.25) is 0 Å². The van der Waals surface area contributed by atoms with Crippen LogP contribution in [0.3, 0.4) is 0 Å². The maximum Gasteiger partial charge on any atom is 0.422 e. The molecule has 0 bridgehead atoms. The molecule has 0 unspecified atom stereocenters. The molecule has 0 aliphatic rings. The highest BCUT2D eigenvalue weighted by Gasteiger charge is 2.29. The van der Waals surface area contributed by atoms with Crippen LogP contribution < -0.4 is 9.47 Å². The van der Waals surface area contributed by atoms with E-state index in [-0.39, 0.29) is 33.6 Å². The minimum Gasteiger partial charge on any atom is -0.609 e. The zero-order valence-corrected chi connectivity index (χ0v) is 15.6. The van der Waals surface area contributed by atoms with E-state index in [2.05, 4.69) is 19.7 Å². The first kappa shape index (κ1) is 21.1. The van der Waals surface area contributed by atoms with Gasteiger partial charge in [0.05, 0.1) is 16.7 Å². The minimum atomic E-state index is -4.49. The van der Waals surface area contributed by atoms with Crippen LogP contribution in [0.1, 0.15) is 11.3 Å². The first-order chi connectivity index (χ1) is 13.6. The number of ether oxygens (including phenoxy) is 2. The molecule has 6 nitrogen and oxygen atoms in total. The summed E-state index contributed by atoms with van der Waals surface area (Å²) >= 11 is -1.72. The van der Waals surface area contributed by atoms with E-state index in [1.54, 1.807) is 0 Å². The summed E-state index contributed by atoms with van der Waals surface area (Å²) in [6.45, 7) is -2.92. The van der Waals surface area contributed by atoms with Gasteiger partial charge in [0, 0.05) is 29.0 Å². The molecule has 29 heavy (non-hydrogen) atoms. The fourth-order valence-corrected chi connectivity index (χ4v) is 3.56. The molecule has 3 aromatic rings. The number of fused-ring (bicyclic) bond motifs is 1. The van der Waals surface area contributed by atoms with Crippen LogP contribution >= 0.6 is 0 Å². The molecule has 0 radical (unpaired) electrons. The number of alkyl halides is 5. The lowest BCUT2D eigenvalue weighted by molar-refractivity contribution is -0.153. The maximum atomic E-state index is 12.6. The standard InChI is InChI=1S/C17H14F5N3O3S/c1-9-13(23-5-4-14(9)27-8-17(20,21)22)7-29(26)16-24-11-3-2-10(28-15(18)19)6-12(11)25-16/h2-6,15H,7-8H2,1H3,(H,24,25)/t29-/m1/s1. The van der Waals surface area contributed by atoms with Gasteiger partial charge < -0.3 is 14.0 Å². The average Bonchev–Trinajstić information content (AvgIpc) is 3.04. The Balaban J connectivity index is 1.77. The van der Waals surface area contributed by atoms with Crippen LogP contribution in [-0.2, 0) is 16.9 Å². The predicted octanol–water partition coefficient (Wildman–Crippen LogP) is 4.12. The SMILES string of the molecule is Cc1c(OCC(F)(F)F)ccnc1C[S@@+]([O-])c1nc2cc(OC(F)F)ccc2[nH]1. The summed E-state index contributed by atoms with van der Waals surface area (Å²) in [6.07, 6.45) is -3.22. The molecule has 0 saturated heterocycles. The van der Waals surface area contributed by atoms with Crippen molar-refractivity contribution in [2.24, 2.45) is 0 Å². The van der Waals surface area contributed by atoms with Gasteiger partial charge in [-0.2, -0.15) is 26.9 Å². The van der Waals surface area contributed by atoms with E-state index >= 15 is 0 Å². The smallest absolute Gasteiger partial charge is 0.422 e. The van der Waals surface area contributed by atoms with Crippen molar-refractivity contribution in [3.8, 4) is 11.5 Å². The third-order valence-electron chi connectivity index (χ3n) is 3.79. The second-order valence-electron chi connectivity index (χ2n) is 5.87. The highest BCUT2D eigenvalue weighted by molar-refractivity contribution is 7.90. The number of hydrogen-bond donors (Lipinski definition) is 1. The van der Waals surface area contributed by atoms with Crippen molar-refractivity contribution in [3.05, 3.63) is 41.7 Å². The molecular formula is C17H14F5N3O3S. The third-order valence-corrected chi connectivity index (χ3v) is 4.95. The molecule has 12 heteroatoms. The van der Waals surface area contributed by atoms with Crippen molar-refractivity contribution in [3.63, 3.8) is 0 Å². The fourth-order valence-electron chi connectivity index (χ4n) is 2.46. The van der Waals surface area contributed by atoms with E-state index in [9.17, 15) is 26.5 Å². The van der Waals surface area contributed by atoms with Crippen LogP contribution in [0.25, 0.3) is 11.0 Å². The summed E-state index contributed by atoms with van der Waals surface area (Å²) in [5.74, 6) is -0.235. The monoisotopic (exact) mass is 435 g/mol. The lowest BCUT2D eigenvalue weighted by Gasteiger charge is -2.14. The molecule has 0 amide bonds. The molecule has 1 atom stereocenters. The quantitative estimate of drug-likeness (QED) is 0.446. The number of halogens is 5. The number of aromatic nitrogens is 3. The molecule has 3 rings (SSSR count). The number of aromatic amines is 1. The number of benzene rings is 1. The second kappa shape index (κ2) is 8.41. The Bertz CT molecular complexity index is 996. The lowest BCUT2D eigenvalue weighted by atomic mass is 10.2. The first-order valence-electron chi connectivity index (χ1n) is 8.09. The van der Waals surface area contributed by atoms with E-state index in [1.807, 2.05) is 0 Å². The zero-order chi connectivity index (χ0) is 21.2. The van der Waals surface area contributed by atoms with Gasteiger partial charge in [-0.3, -0.25) is 9.97 Å². The largest absolute Gasteiger partial charge is 0.609 e. The number of hydrogen-bond acceptors (Lipinski definition) is 5. The average molecular weight is 435 g/mol. The fraction of sp³-hybridized carbons (Fsp3) is 0.294. The van der Waals surface area contributed by atoms with Gasteiger partial charge in [-0.15, -0.1) is 0 Å². The molecule has 0 aliphatic carbocycles. The Hall–Kier alpha value is -2.60. The molecule has 0 spiro atoms. The third kappa shape index (κ3) is 5.48. The van der Waals surface area contributed by atoms with Crippen LogP contribution in [0.2, 0.25) is 0 Å². The Morgan fingerprint density at radius 2 is 2.00 bits per heavy atom. The molecule has 2 aromatic heterocycles. The van der Waals surface area contributed by atoms with Crippen LogP contribution in [0, 0.1) is 6.92 Å². The lowest BCUT2D eigenvalue weighted by Crippen LogP contribution is -2.20. The summed E-state index contributed by atoms with van der Waals surface area (Å²) in [5.41, 5.74) is 1.35. The van der Waals surface area contributed by atoms with E-state index in [4.69, 9.17) is 4.74 Å². The molecule has 1 N–H and O–H groups in total. The van der Waals surface area contributed by atoms with Gasteiger partial charge in [0.15, 0.2) is 12.4 Å². The highest BCUT2D eigenvalue weighted by Crippen LogP contribution is 2.27. The first-order valence-corrected chi connectivity index (χ1v) is 9.41. The zero-order valence-electron chi connectivity index (χ0n) is 14.8. The Kier molecular flexibility index (Phi) is 6.13. The summed E-state index contributed by atoms with van der Waals surface area (Å²) < 4.78 is 83.4. The molecule has 2 heterocycles. The number of imidazole rings is 1. The molecule has 0 aliphatic heterocycles. The maximum absolute atomic E-state index is 12.6. The molecule has 156 valence electrons. The number of nitrogens with zero attached hydrogens (tertiary/aromatic N) is 2. The van der Waals surface area contributed by atoms with Crippen molar-refractivity contribution in [2.75, 3.05) is 6.61 Å². The molecular weight excluding hydrogens is 421 g/mol. The van der Waals surface area contributed by atoms with Gasteiger partial charge in [-0.25, -0.2) is 0 Å². The number of H-pyrrole nitrogens is 1. The van der Waals surface area contributed by atoms with Crippen molar-refractivity contribution in [2.45, 2.75) is 30.6 Å². The second-order valence-corrected chi connectivity index (χ2v) is 7.24. The summed E-state index contributed by atoms with van der Waals surface area (Å²) in [7, 11) is 0. The van der Waals surface area contributed by atoms with E-state index in [0.29, 0.717) is 11.1 Å². The van der Waals surface area contributed by atoms with Crippen LogP contribution in [-0.4, -0.2) is 38.9 Å². The van der Waals surface area contributed by atoms with Crippen LogP contribution in [0.15, 0.2) is 35.6 Å². The Morgan fingerprint density at radius 3 is 2.69 bits per heavy atom. The van der Waals surface area contributed by atoms with Crippen molar-refractivity contribution < 1.29 is 36.0 Å². The van der Waals surface area contributed by atoms with Crippen molar-refractivity contribution in [1.29, 1.82) is 0 Å². The topological polar surface area (TPSA) is 83.1 Å². The molecule has 1 aromatic carbocycles. The van der Waals surface area contributed by atoms with Crippen LogP contribution in [0.5, 0.6) is 11.5 Å². The number of nitrogens with one attached hydrogen (secondary N) is 1. The van der Waals surface area contributed by atoms with Gasteiger partial charge in [-0.1, -0.05) is 0 Å². The van der Waals surface area contributed by atoms with Gasteiger partial charge >= 0.3 is 17.9 Å². The van der Waals surface area contributed by atoms with E-state index in [0.717, 1.165) is 0 Å². The summed E-state index contributed by atoms with van der Waals surface area (Å²) in [6, 6.07) is 5.33. The highest BCUT2D eigenvalue weighted by atomic mass is 32.2. The Labute approximate surface area is 164 Å². The summed E-state index contributed by atoms with van der Waals surface area (Å²) in [5, 5.41) is 0.0667. The summed E-state index contributed by atoms with van der Waals surface area (Å²) in [4.78, 5) is 11.0. The van der Waals surface area contributed by atoms with E-state index < -0.39 is 30.6 Å². The predicted molar refractivity (Wildman–Crippen MR) is 93.4 cm³/mol. The Morgan fingerprint density at radius 1 is 1.24 bits per heavy atom. The molecule has 0 fully saturated rings. The van der Waals surface area contributed by atoms with Gasteiger partial charge in [-0.05, 0) is 25.1 Å². The molecule has 0 saturated carbocycles. The van der Waals surface area contributed by atoms with Crippen molar-refractivity contribution in [1.82, 2.24) is 15.0 Å². The number of rotatable bonds is 7. The normalized spacial score (nSPS) is 13.1. The van der Waals surface area contributed by atoms with E-state index in [1.165, 1.54) is 37.4 Å². The van der Waals surface area contributed by atoms with Crippen molar-refractivity contribution >= 4 is 22.2 Å².